The average molecular weight is 360 g/mol. The molecule has 2 aromatic rings. The molecule has 0 fully saturated rings. The first-order chi connectivity index (χ1) is 12.1. The quantitative estimate of drug-likeness (QED) is 0.826. The van der Waals surface area contributed by atoms with Gasteiger partial charge in [0.05, 0.1) is 12.7 Å². The number of esters is 2. The zero-order valence-corrected chi connectivity index (χ0v) is 13.9. The molecule has 0 bridgehead atoms. The van der Waals surface area contributed by atoms with Gasteiger partial charge < -0.3 is 19.5 Å². The van der Waals surface area contributed by atoms with Crippen LogP contribution < -0.4 is 10.1 Å². The van der Waals surface area contributed by atoms with Crippen LogP contribution in [0.5, 0.6) is 5.75 Å². The van der Waals surface area contributed by atoms with E-state index < -0.39 is 18.2 Å². The van der Waals surface area contributed by atoms with E-state index in [9.17, 15) is 9.59 Å². The molecule has 0 amide bonds. The van der Waals surface area contributed by atoms with Gasteiger partial charge in [-0.2, -0.15) is 0 Å². The molecule has 0 saturated heterocycles. The zero-order valence-electron chi connectivity index (χ0n) is 13.2. The fraction of sp³-hybridized carbons (Fsp3) is 0.111. The molecular weight excluding hydrogens is 346 g/mol. The first kappa shape index (κ1) is 16.9. The normalized spacial score (nSPS) is 16.4. The summed E-state index contributed by atoms with van der Waals surface area (Å²) < 4.78 is 15.4. The molecule has 7 heteroatoms. The number of ether oxygens (including phenoxy) is 3. The Morgan fingerprint density at radius 1 is 1.16 bits per heavy atom. The van der Waals surface area contributed by atoms with Crippen molar-refractivity contribution in [1.29, 1.82) is 0 Å². The van der Waals surface area contributed by atoms with Crippen molar-refractivity contribution in [2.45, 2.75) is 6.29 Å². The number of anilines is 1. The maximum absolute atomic E-state index is 12.2. The standard InChI is InChI=1S/C18H14ClNO5/c1-23-13-9-5-8-12(10-13)20-15-14(19)17(22)25-18(15)24-16(21)11-6-3-2-4-7-11/h2-10,18,20H,1H3/t18-/m0/s1. The summed E-state index contributed by atoms with van der Waals surface area (Å²) >= 11 is 6.00. The highest BCUT2D eigenvalue weighted by molar-refractivity contribution is 6.42. The number of carbonyl (C=O) groups is 2. The van der Waals surface area contributed by atoms with Crippen LogP contribution in [-0.4, -0.2) is 25.3 Å². The van der Waals surface area contributed by atoms with E-state index in [4.69, 9.17) is 25.8 Å². The van der Waals surface area contributed by atoms with Gasteiger partial charge in [-0.1, -0.05) is 35.9 Å². The predicted molar refractivity (Wildman–Crippen MR) is 91.2 cm³/mol. The minimum absolute atomic E-state index is 0.157. The van der Waals surface area contributed by atoms with Crippen molar-refractivity contribution < 1.29 is 23.8 Å². The highest BCUT2D eigenvalue weighted by Crippen LogP contribution is 2.29. The molecular formula is C18H14ClNO5. The lowest BCUT2D eigenvalue weighted by atomic mass is 10.2. The molecule has 1 heterocycles. The van der Waals surface area contributed by atoms with Crippen LogP contribution in [0.3, 0.4) is 0 Å². The Kier molecular flexibility index (Phi) is 4.90. The van der Waals surface area contributed by atoms with Crippen LogP contribution >= 0.6 is 11.6 Å². The van der Waals surface area contributed by atoms with E-state index >= 15 is 0 Å². The number of methoxy groups -OCH3 is 1. The second kappa shape index (κ2) is 7.27. The molecule has 0 radical (unpaired) electrons. The summed E-state index contributed by atoms with van der Waals surface area (Å²) in [6.45, 7) is 0. The number of carbonyl (C=O) groups excluding carboxylic acids is 2. The summed E-state index contributed by atoms with van der Waals surface area (Å²) in [5.74, 6) is -0.780. The lowest BCUT2D eigenvalue weighted by Gasteiger charge is -2.16. The summed E-state index contributed by atoms with van der Waals surface area (Å²) in [5.41, 5.74) is 1.10. The minimum atomic E-state index is -1.25. The molecule has 1 atom stereocenters. The molecule has 128 valence electrons. The van der Waals surface area contributed by atoms with E-state index in [-0.39, 0.29) is 10.7 Å². The summed E-state index contributed by atoms with van der Waals surface area (Å²) in [5, 5.41) is 2.77. The Morgan fingerprint density at radius 3 is 2.64 bits per heavy atom. The molecule has 6 nitrogen and oxygen atoms in total. The van der Waals surface area contributed by atoms with Gasteiger partial charge in [0.15, 0.2) is 5.03 Å². The van der Waals surface area contributed by atoms with Gasteiger partial charge in [0.25, 0.3) is 6.29 Å². The molecule has 0 spiro atoms. The Bertz CT molecular complexity index is 834. The lowest BCUT2D eigenvalue weighted by Crippen LogP contribution is -2.24. The Hall–Kier alpha value is -2.99. The SMILES string of the molecule is COc1cccc(NC2=C(Cl)C(=O)O[C@@H]2OC(=O)c2ccccc2)c1. The molecule has 0 unspecified atom stereocenters. The van der Waals surface area contributed by atoms with Crippen LogP contribution in [0.25, 0.3) is 0 Å². The molecule has 0 aromatic heterocycles. The van der Waals surface area contributed by atoms with Crippen LogP contribution in [0, 0.1) is 0 Å². The largest absolute Gasteiger partial charge is 0.497 e. The number of hydrogen-bond acceptors (Lipinski definition) is 6. The van der Waals surface area contributed by atoms with E-state index in [1.54, 1.807) is 54.6 Å². The number of halogens is 1. The van der Waals surface area contributed by atoms with Gasteiger partial charge in [-0.3, -0.25) is 0 Å². The highest BCUT2D eigenvalue weighted by Gasteiger charge is 2.36. The first-order valence-electron chi connectivity index (χ1n) is 7.36. The van der Waals surface area contributed by atoms with Gasteiger partial charge in [0, 0.05) is 11.8 Å². The fourth-order valence-corrected chi connectivity index (χ4v) is 2.39. The van der Waals surface area contributed by atoms with E-state index in [0.717, 1.165) is 0 Å². The van der Waals surface area contributed by atoms with Crippen molar-refractivity contribution in [1.82, 2.24) is 0 Å². The van der Waals surface area contributed by atoms with Gasteiger partial charge in [-0.25, -0.2) is 9.59 Å². The van der Waals surface area contributed by atoms with Crippen molar-refractivity contribution in [3.05, 3.63) is 70.9 Å². The van der Waals surface area contributed by atoms with Crippen LogP contribution in [0.15, 0.2) is 65.3 Å². The maximum atomic E-state index is 12.2. The third-order valence-electron chi connectivity index (χ3n) is 3.44. The second-order valence-electron chi connectivity index (χ2n) is 5.09. The van der Waals surface area contributed by atoms with Gasteiger partial charge >= 0.3 is 11.9 Å². The number of benzene rings is 2. The topological polar surface area (TPSA) is 73.9 Å². The third-order valence-corrected chi connectivity index (χ3v) is 3.80. The zero-order chi connectivity index (χ0) is 17.8. The van der Waals surface area contributed by atoms with Crippen LogP contribution in [0.2, 0.25) is 0 Å². The number of nitrogens with one attached hydrogen (secondary N) is 1. The Morgan fingerprint density at radius 2 is 1.92 bits per heavy atom. The lowest BCUT2D eigenvalue weighted by molar-refractivity contribution is -0.152. The van der Waals surface area contributed by atoms with E-state index in [0.29, 0.717) is 17.0 Å². The molecule has 1 aliphatic rings. The highest BCUT2D eigenvalue weighted by atomic mass is 35.5. The van der Waals surface area contributed by atoms with Crippen molar-refractivity contribution in [2.75, 3.05) is 12.4 Å². The molecule has 0 saturated carbocycles. The van der Waals surface area contributed by atoms with E-state index in [2.05, 4.69) is 5.32 Å². The molecule has 1 aliphatic heterocycles. The van der Waals surface area contributed by atoms with Crippen molar-refractivity contribution in [2.24, 2.45) is 0 Å². The van der Waals surface area contributed by atoms with Gasteiger partial charge in [-0.05, 0) is 24.3 Å². The molecule has 1 N–H and O–H groups in total. The number of cyclic esters (lactones) is 1. The first-order valence-corrected chi connectivity index (χ1v) is 7.74. The molecule has 0 aliphatic carbocycles. The molecule has 2 aromatic carbocycles. The van der Waals surface area contributed by atoms with Gasteiger partial charge in [-0.15, -0.1) is 0 Å². The maximum Gasteiger partial charge on any atom is 0.355 e. The summed E-state index contributed by atoms with van der Waals surface area (Å²) in [6, 6.07) is 15.4. The Balaban J connectivity index is 1.80. The second-order valence-corrected chi connectivity index (χ2v) is 5.47. The third kappa shape index (κ3) is 3.75. The van der Waals surface area contributed by atoms with Crippen molar-refractivity contribution in [3.63, 3.8) is 0 Å². The van der Waals surface area contributed by atoms with E-state index in [1.165, 1.54) is 7.11 Å². The fourth-order valence-electron chi connectivity index (χ4n) is 2.21. The van der Waals surface area contributed by atoms with Gasteiger partial charge in [0.1, 0.15) is 11.4 Å². The van der Waals surface area contributed by atoms with Crippen LogP contribution in [0.4, 0.5) is 5.69 Å². The van der Waals surface area contributed by atoms with Crippen LogP contribution in [-0.2, 0) is 14.3 Å². The summed E-state index contributed by atoms with van der Waals surface area (Å²) in [7, 11) is 1.54. The summed E-state index contributed by atoms with van der Waals surface area (Å²) in [4.78, 5) is 23.9. The predicted octanol–water partition coefficient (Wildman–Crippen LogP) is 3.30. The molecule has 3 rings (SSSR count). The van der Waals surface area contributed by atoms with Crippen molar-refractivity contribution in [3.8, 4) is 5.75 Å². The molecule has 25 heavy (non-hydrogen) atoms. The smallest absolute Gasteiger partial charge is 0.355 e. The van der Waals surface area contributed by atoms with Gasteiger partial charge in [0.2, 0.25) is 0 Å². The van der Waals surface area contributed by atoms with E-state index in [1.807, 2.05) is 0 Å². The number of hydrogen-bond donors (Lipinski definition) is 1. The monoisotopic (exact) mass is 359 g/mol. The minimum Gasteiger partial charge on any atom is -0.497 e. The Labute approximate surface area is 148 Å². The van der Waals surface area contributed by atoms with Crippen molar-refractivity contribution >= 4 is 29.2 Å². The summed E-state index contributed by atoms with van der Waals surface area (Å²) in [6.07, 6.45) is -1.25. The average Bonchev–Trinajstić information content (AvgIpc) is 2.90. The van der Waals surface area contributed by atoms with Crippen LogP contribution in [0.1, 0.15) is 10.4 Å². The number of rotatable bonds is 5.